The molecule has 2 atom stereocenters. The van der Waals surface area contributed by atoms with Crippen LogP contribution in [0.3, 0.4) is 0 Å². The van der Waals surface area contributed by atoms with Gasteiger partial charge in [-0.3, -0.25) is 4.79 Å². The highest BCUT2D eigenvalue weighted by molar-refractivity contribution is 5.93. The van der Waals surface area contributed by atoms with E-state index in [9.17, 15) is 9.59 Å². The Morgan fingerprint density at radius 1 is 1.10 bits per heavy atom. The molecule has 1 aliphatic rings. The molecule has 0 bridgehead atoms. The molecule has 8 heteroatoms. The van der Waals surface area contributed by atoms with E-state index in [1.807, 2.05) is 36.4 Å². The lowest BCUT2D eigenvalue weighted by atomic mass is 9.94. The highest BCUT2D eigenvalue weighted by atomic mass is 16.5. The molecule has 2 aromatic rings. The van der Waals surface area contributed by atoms with Crippen LogP contribution in [0.15, 0.2) is 60.9 Å². The van der Waals surface area contributed by atoms with Crippen LogP contribution in [0.1, 0.15) is 11.1 Å². The average Bonchev–Trinajstić information content (AvgIpc) is 2.81. The van der Waals surface area contributed by atoms with Gasteiger partial charge in [-0.25, -0.2) is 4.79 Å². The zero-order valence-corrected chi connectivity index (χ0v) is 17.7. The standard InChI is InChI=1S/C23H26N2O6/c1-28-12-11-19-21(24-23(27)31-15-16-7-5-4-6-8-16)22(26)25(19)14-17-9-10-18(29-2)13-20(17)30-3/h4-13,19,21H,14-15H2,1-3H3,(H,24,27)/t19-,21+/m1/s1. The third-order valence-electron chi connectivity index (χ3n) is 4.98. The maximum atomic E-state index is 12.8. The summed E-state index contributed by atoms with van der Waals surface area (Å²) in [6, 6.07) is 13.6. The van der Waals surface area contributed by atoms with Crippen molar-refractivity contribution in [3.8, 4) is 11.5 Å². The van der Waals surface area contributed by atoms with Crippen LogP contribution in [0.2, 0.25) is 0 Å². The van der Waals surface area contributed by atoms with Crippen LogP contribution < -0.4 is 14.8 Å². The molecule has 0 unspecified atom stereocenters. The molecule has 31 heavy (non-hydrogen) atoms. The first kappa shape index (κ1) is 22.0. The minimum atomic E-state index is -0.737. The van der Waals surface area contributed by atoms with Gasteiger partial charge in [0, 0.05) is 11.6 Å². The number of rotatable bonds is 9. The largest absolute Gasteiger partial charge is 0.505 e. The Balaban J connectivity index is 1.66. The first-order valence-corrected chi connectivity index (χ1v) is 9.75. The molecule has 8 nitrogen and oxygen atoms in total. The normalized spacial score (nSPS) is 17.8. The molecule has 1 heterocycles. The third-order valence-corrected chi connectivity index (χ3v) is 4.98. The van der Waals surface area contributed by atoms with Crippen LogP contribution >= 0.6 is 0 Å². The molecule has 164 valence electrons. The lowest BCUT2D eigenvalue weighted by molar-refractivity contribution is -0.149. The van der Waals surface area contributed by atoms with E-state index in [0.717, 1.165) is 11.1 Å². The monoisotopic (exact) mass is 426 g/mol. The molecule has 1 fully saturated rings. The van der Waals surface area contributed by atoms with Crippen LogP contribution in [0.5, 0.6) is 11.5 Å². The lowest BCUT2D eigenvalue weighted by Gasteiger charge is -2.45. The SMILES string of the molecule is COC=C[C@@H]1[C@H](NC(=O)OCc2ccccc2)C(=O)N1Cc1ccc(OC)cc1OC. The molecule has 0 saturated carbocycles. The van der Waals surface area contributed by atoms with Crippen molar-refractivity contribution in [3.05, 3.63) is 72.0 Å². The minimum Gasteiger partial charge on any atom is -0.505 e. The number of ether oxygens (including phenoxy) is 4. The predicted octanol–water partition coefficient (Wildman–Crippen LogP) is 2.87. The van der Waals surface area contributed by atoms with Crippen molar-refractivity contribution in [2.45, 2.75) is 25.2 Å². The van der Waals surface area contributed by atoms with E-state index in [1.54, 1.807) is 37.3 Å². The van der Waals surface area contributed by atoms with Gasteiger partial charge in [0.25, 0.3) is 0 Å². The van der Waals surface area contributed by atoms with E-state index in [1.165, 1.54) is 13.4 Å². The smallest absolute Gasteiger partial charge is 0.408 e. The molecule has 1 saturated heterocycles. The van der Waals surface area contributed by atoms with Gasteiger partial charge in [0.2, 0.25) is 5.91 Å². The van der Waals surface area contributed by atoms with E-state index in [0.29, 0.717) is 18.0 Å². The molecule has 0 radical (unpaired) electrons. The van der Waals surface area contributed by atoms with Gasteiger partial charge >= 0.3 is 6.09 Å². The van der Waals surface area contributed by atoms with Crippen LogP contribution in [0.4, 0.5) is 4.79 Å². The van der Waals surface area contributed by atoms with E-state index >= 15 is 0 Å². The molecule has 3 rings (SSSR count). The second kappa shape index (κ2) is 10.4. The summed E-state index contributed by atoms with van der Waals surface area (Å²) in [7, 11) is 4.65. The van der Waals surface area contributed by atoms with Gasteiger partial charge in [0.1, 0.15) is 24.1 Å². The number of β-lactam (4-membered cyclic amide) rings is 1. The number of methoxy groups -OCH3 is 3. The molecule has 2 aromatic carbocycles. The number of likely N-dealkylation sites (tertiary alicyclic amines) is 1. The first-order chi connectivity index (χ1) is 15.1. The van der Waals surface area contributed by atoms with E-state index < -0.39 is 12.1 Å². The Bertz CT molecular complexity index is 931. The Hall–Kier alpha value is -3.68. The molecule has 1 aliphatic heterocycles. The van der Waals surface area contributed by atoms with Crippen molar-refractivity contribution in [1.82, 2.24) is 10.2 Å². The predicted molar refractivity (Wildman–Crippen MR) is 114 cm³/mol. The summed E-state index contributed by atoms with van der Waals surface area (Å²) < 4.78 is 20.9. The Kier molecular flexibility index (Phi) is 7.37. The zero-order valence-electron chi connectivity index (χ0n) is 17.7. The maximum Gasteiger partial charge on any atom is 0.408 e. The number of hydrogen-bond acceptors (Lipinski definition) is 6. The fraction of sp³-hybridized carbons (Fsp3) is 0.304. The van der Waals surface area contributed by atoms with Crippen molar-refractivity contribution in [2.24, 2.45) is 0 Å². The van der Waals surface area contributed by atoms with Gasteiger partial charge in [0.15, 0.2) is 0 Å². The third kappa shape index (κ3) is 5.28. The second-order valence-electron chi connectivity index (χ2n) is 6.88. The number of benzene rings is 2. The van der Waals surface area contributed by atoms with Crippen molar-refractivity contribution in [2.75, 3.05) is 21.3 Å². The molecule has 0 aliphatic carbocycles. The molecule has 0 spiro atoms. The first-order valence-electron chi connectivity index (χ1n) is 9.75. The van der Waals surface area contributed by atoms with E-state index in [4.69, 9.17) is 18.9 Å². The van der Waals surface area contributed by atoms with Gasteiger partial charge in [-0.2, -0.15) is 0 Å². The molecular weight excluding hydrogens is 400 g/mol. The Labute approximate surface area is 181 Å². The number of nitrogens with one attached hydrogen (secondary N) is 1. The summed E-state index contributed by atoms with van der Waals surface area (Å²) in [5.74, 6) is 1.05. The number of carbonyl (C=O) groups is 2. The van der Waals surface area contributed by atoms with Gasteiger partial charge in [-0.1, -0.05) is 30.3 Å². The number of nitrogens with zero attached hydrogens (tertiary/aromatic N) is 1. The summed E-state index contributed by atoms with van der Waals surface area (Å²) in [6.07, 6.45) is 2.55. The number of carbonyl (C=O) groups excluding carboxylic acids is 2. The summed E-state index contributed by atoms with van der Waals surface area (Å²) in [5, 5.41) is 2.65. The van der Waals surface area contributed by atoms with E-state index in [2.05, 4.69) is 5.32 Å². The topological polar surface area (TPSA) is 86.3 Å². The summed E-state index contributed by atoms with van der Waals surface area (Å²) >= 11 is 0. The Morgan fingerprint density at radius 3 is 2.55 bits per heavy atom. The van der Waals surface area contributed by atoms with Crippen LogP contribution in [0, 0.1) is 0 Å². The maximum absolute atomic E-state index is 12.8. The zero-order chi connectivity index (χ0) is 22.2. The van der Waals surface area contributed by atoms with Gasteiger partial charge < -0.3 is 29.2 Å². The fourth-order valence-corrected chi connectivity index (χ4v) is 3.33. The lowest BCUT2D eigenvalue weighted by Crippen LogP contribution is -2.69. The van der Waals surface area contributed by atoms with Gasteiger partial charge in [-0.05, 0) is 23.8 Å². The number of amides is 2. The quantitative estimate of drug-likeness (QED) is 0.490. The van der Waals surface area contributed by atoms with Crippen molar-refractivity contribution in [3.63, 3.8) is 0 Å². The highest BCUT2D eigenvalue weighted by Crippen LogP contribution is 2.30. The molecule has 2 amide bonds. The molecule has 1 N–H and O–H groups in total. The van der Waals surface area contributed by atoms with Crippen LogP contribution in [0.25, 0.3) is 0 Å². The fourth-order valence-electron chi connectivity index (χ4n) is 3.33. The van der Waals surface area contributed by atoms with E-state index in [-0.39, 0.29) is 18.6 Å². The summed E-state index contributed by atoms with van der Waals surface area (Å²) in [5.41, 5.74) is 1.68. The van der Waals surface area contributed by atoms with Crippen molar-refractivity contribution < 1.29 is 28.5 Å². The van der Waals surface area contributed by atoms with Crippen LogP contribution in [-0.2, 0) is 27.4 Å². The molecular formula is C23H26N2O6. The number of alkyl carbamates (subject to hydrolysis) is 1. The van der Waals surface area contributed by atoms with Gasteiger partial charge in [0.05, 0.1) is 40.2 Å². The average molecular weight is 426 g/mol. The van der Waals surface area contributed by atoms with Crippen molar-refractivity contribution >= 4 is 12.0 Å². The van der Waals surface area contributed by atoms with Crippen molar-refractivity contribution in [1.29, 1.82) is 0 Å². The minimum absolute atomic E-state index is 0.124. The summed E-state index contributed by atoms with van der Waals surface area (Å²) in [4.78, 5) is 26.6. The number of hydrogen-bond donors (Lipinski definition) is 1. The van der Waals surface area contributed by atoms with Gasteiger partial charge in [-0.15, -0.1) is 0 Å². The summed E-state index contributed by atoms with van der Waals surface area (Å²) in [6.45, 7) is 0.431. The molecule has 0 aromatic heterocycles. The second-order valence-corrected chi connectivity index (χ2v) is 6.88. The Morgan fingerprint density at radius 2 is 1.87 bits per heavy atom. The highest BCUT2D eigenvalue weighted by Gasteiger charge is 2.47. The van der Waals surface area contributed by atoms with Crippen LogP contribution in [-0.4, -0.2) is 50.3 Å².